The van der Waals surface area contributed by atoms with Crippen molar-refractivity contribution in [3.8, 4) is 17.0 Å². The largest absolute Gasteiger partial charge is 0.485 e. The number of esters is 3. The van der Waals surface area contributed by atoms with Gasteiger partial charge in [0.1, 0.15) is 18.5 Å². The molecule has 2 aromatic carbocycles. The Hall–Kier alpha value is -4.67. The van der Waals surface area contributed by atoms with Crippen LogP contribution < -0.4 is 9.64 Å². The van der Waals surface area contributed by atoms with Crippen LogP contribution in [-0.2, 0) is 41.8 Å². The highest BCUT2D eigenvalue weighted by molar-refractivity contribution is 5.79. The zero-order valence-corrected chi connectivity index (χ0v) is 38.8. The molecule has 8 rings (SSSR count). The van der Waals surface area contributed by atoms with Gasteiger partial charge in [0, 0.05) is 16.1 Å². The van der Waals surface area contributed by atoms with Gasteiger partial charge in [0.2, 0.25) is 5.69 Å². The first kappa shape index (κ1) is 44.9. The first-order valence-electron chi connectivity index (χ1n) is 23.5. The molecule has 0 saturated heterocycles. The highest BCUT2D eigenvalue weighted by Gasteiger charge is 2.69. The van der Waals surface area contributed by atoms with Crippen LogP contribution in [0.15, 0.2) is 70.9 Å². The Labute approximate surface area is 373 Å². The van der Waals surface area contributed by atoms with E-state index in [1.807, 2.05) is 37.3 Å². The Morgan fingerprint density at radius 3 is 2.25 bits per heavy atom. The van der Waals surface area contributed by atoms with Crippen LogP contribution in [0.2, 0.25) is 0 Å². The van der Waals surface area contributed by atoms with Gasteiger partial charge in [0.05, 0.1) is 24.9 Å². The fourth-order valence-electron chi connectivity index (χ4n) is 13.8. The molecule has 4 saturated carbocycles. The SMILES string of the molecule is CCOC(=O)[C@]12CCC(C)(C)C[C@H]1C1=CC[C@@H]3[C@@]4(C)CC[C@H](OC(=O)CCC(=O)OCc5ccc(OCc6c(-c7ccccc7)no[n+]6[O-])cc5)C(C)(C)[C@@H]4CC[C@@]3(C)[C@]1(C)CC2. The van der Waals surface area contributed by atoms with E-state index in [4.69, 9.17) is 23.6 Å². The van der Waals surface area contributed by atoms with Crippen LogP contribution in [0.4, 0.5) is 0 Å². The maximum Gasteiger partial charge on any atom is 0.312 e. The number of carbonyl (C=O) groups excluding carboxylic acids is 3. The van der Waals surface area contributed by atoms with Crippen LogP contribution in [-0.4, -0.2) is 35.8 Å². The van der Waals surface area contributed by atoms with Gasteiger partial charge in [0.15, 0.2) is 6.61 Å². The van der Waals surface area contributed by atoms with Crippen LogP contribution >= 0.6 is 0 Å². The molecule has 1 aromatic heterocycles. The lowest BCUT2D eigenvalue weighted by Crippen LogP contribution is -2.65. The minimum atomic E-state index is -0.465. The van der Waals surface area contributed by atoms with Gasteiger partial charge < -0.3 is 24.2 Å². The van der Waals surface area contributed by atoms with Crippen molar-refractivity contribution in [2.45, 2.75) is 152 Å². The Bertz CT molecular complexity index is 2210. The van der Waals surface area contributed by atoms with Crippen LogP contribution in [0.25, 0.3) is 11.3 Å². The Morgan fingerprint density at radius 2 is 1.52 bits per heavy atom. The monoisotopic (exact) mass is 864 g/mol. The van der Waals surface area contributed by atoms with Gasteiger partial charge >= 0.3 is 17.9 Å². The molecule has 0 amide bonds. The second kappa shape index (κ2) is 16.7. The molecule has 1 heterocycles. The van der Waals surface area contributed by atoms with E-state index >= 15 is 0 Å². The summed E-state index contributed by atoms with van der Waals surface area (Å²) < 4.78 is 28.3. The minimum Gasteiger partial charge on any atom is -0.485 e. The third-order valence-corrected chi connectivity index (χ3v) is 17.5. The van der Waals surface area contributed by atoms with Gasteiger partial charge in [-0.25, -0.2) is 0 Å². The zero-order chi connectivity index (χ0) is 45.0. The van der Waals surface area contributed by atoms with Gasteiger partial charge in [0.25, 0.3) is 5.69 Å². The van der Waals surface area contributed by atoms with Crippen LogP contribution in [0.3, 0.4) is 0 Å². The van der Waals surface area contributed by atoms with E-state index in [1.54, 1.807) is 24.3 Å². The van der Waals surface area contributed by atoms with Crippen molar-refractivity contribution in [2.24, 2.45) is 50.2 Å². The van der Waals surface area contributed by atoms with Crippen molar-refractivity contribution in [2.75, 3.05) is 6.61 Å². The van der Waals surface area contributed by atoms with Crippen molar-refractivity contribution in [1.82, 2.24) is 5.16 Å². The van der Waals surface area contributed by atoms with Crippen molar-refractivity contribution in [3.63, 3.8) is 0 Å². The third kappa shape index (κ3) is 7.87. The lowest BCUT2D eigenvalue weighted by Gasteiger charge is -2.71. The van der Waals surface area contributed by atoms with E-state index in [0.29, 0.717) is 34.8 Å². The summed E-state index contributed by atoms with van der Waals surface area (Å²) in [6.07, 6.45) is 12.2. The fourth-order valence-corrected chi connectivity index (χ4v) is 13.8. The van der Waals surface area contributed by atoms with Crippen molar-refractivity contribution >= 4 is 17.9 Å². The molecular formula is C52H68N2O9. The molecule has 5 aliphatic rings. The standard InChI is InChI=1S/C52H68N2O9/c1-9-59-46(57)52-29-27-47(2,3)31-38(52)37-19-20-41-49(6)25-24-42(48(4,5)40(49)23-26-51(41,8)50(37,7)28-30-52)62-44(56)22-21-43(55)61-32-34-15-17-36(18-16-34)60-33-39-45(53-63-54(39)58)35-13-11-10-12-14-35/h10-19,38,40-42H,9,20-33H2,1-8H3/t38-,40-,41+,42-,49-,50+,51+,52-/m0/s1. The highest BCUT2D eigenvalue weighted by Crippen LogP contribution is 2.76. The summed E-state index contributed by atoms with van der Waals surface area (Å²) >= 11 is 0. The fraction of sp³-hybridized carbons (Fsp3) is 0.635. The highest BCUT2D eigenvalue weighted by atomic mass is 16.8. The molecule has 11 heteroatoms. The summed E-state index contributed by atoms with van der Waals surface area (Å²) in [5.41, 5.74) is 3.42. The number of hydrogen-bond acceptors (Lipinski definition) is 10. The lowest BCUT2D eigenvalue weighted by molar-refractivity contribution is -0.808. The molecule has 8 atom stereocenters. The molecule has 4 fully saturated rings. The molecule has 340 valence electrons. The zero-order valence-electron chi connectivity index (χ0n) is 38.8. The van der Waals surface area contributed by atoms with Crippen molar-refractivity contribution in [1.29, 1.82) is 0 Å². The first-order valence-corrected chi connectivity index (χ1v) is 23.5. The number of fused-ring (bicyclic) bond motifs is 7. The molecule has 0 spiro atoms. The summed E-state index contributed by atoms with van der Waals surface area (Å²) in [6.45, 7) is 19.3. The predicted octanol–water partition coefficient (Wildman–Crippen LogP) is 10.7. The topological polar surface area (TPSA) is 141 Å². The van der Waals surface area contributed by atoms with Gasteiger partial charge in [-0.05, 0) is 133 Å². The minimum absolute atomic E-state index is 0.00770. The molecule has 0 aliphatic heterocycles. The summed E-state index contributed by atoms with van der Waals surface area (Å²) in [7, 11) is 0. The predicted molar refractivity (Wildman–Crippen MR) is 236 cm³/mol. The molecule has 0 radical (unpaired) electrons. The van der Waals surface area contributed by atoms with E-state index in [9.17, 15) is 19.6 Å². The summed E-state index contributed by atoms with van der Waals surface area (Å²) in [6, 6.07) is 16.3. The van der Waals surface area contributed by atoms with E-state index in [-0.39, 0.29) is 82.8 Å². The molecule has 11 nitrogen and oxygen atoms in total. The normalized spacial score (nSPS) is 32.7. The summed E-state index contributed by atoms with van der Waals surface area (Å²) in [5.74, 6) is 0.806. The molecule has 5 aliphatic carbocycles. The Balaban J connectivity index is 0.849. The van der Waals surface area contributed by atoms with Gasteiger partial charge in [-0.2, -0.15) is 0 Å². The van der Waals surface area contributed by atoms with Crippen LogP contribution in [0, 0.1) is 55.5 Å². The number of rotatable bonds is 12. The second-order valence-corrected chi connectivity index (χ2v) is 21.6. The van der Waals surface area contributed by atoms with E-state index in [1.165, 1.54) is 5.57 Å². The molecular weight excluding hydrogens is 797 g/mol. The quantitative estimate of drug-likeness (QED) is 0.0747. The second-order valence-electron chi connectivity index (χ2n) is 21.6. The number of nitrogens with zero attached hydrogens (tertiary/aromatic N) is 2. The third-order valence-electron chi connectivity index (χ3n) is 17.5. The Kier molecular flexibility index (Phi) is 11.9. The number of allylic oxidation sites excluding steroid dienone is 2. The number of carbonyl (C=O) groups is 3. The van der Waals surface area contributed by atoms with Gasteiger partial charge in [-0.3, -0.25) is 19.0 Å². The first-order chi connectivity index (χ1) is 29.9. The van der Waals surface area contributed by atoms with Gasteiger partial charge in [-0.15, -0.1) is 0 Å². The smallest absolute Gasteiger partial charge is 0.312 e. The molecule has 3 aromatic rings. The Morgan fingerprint density at radius 1 is 0.810 bits per heavy atom. The van der Waals surface area contributed by atoms with Crippen LogP contribution in [0.1, 0.15) is 144 Å². The summed E-state index contributed by atoms with van der Waals surface area (Å²) in [4.78, 5) is 40.4. The molecule has 63 heavy (non-hydrogen) atoms. The van der Waals surface area contributed by atoms with E-state index < -0.39 is 11.4 Å². The molecule has 0 N–H and O–H groups in total. The maximum atomic E-state index is 13.9. The van der Waals surface area contributed by atoms with E-state index in [2.05, 4.69) is 59.7 Å². The molecule has 0 bridgehead atoms. The summed E-state index contributed by atoms with van der Waals surface area (Å²) in [5, 5.41) is 16.1. The van der Waals surface area contributed by atoms with Crippen LogP contribution in [0.5, 0.6) is 5.75 Å². The lowest BCUT2D eigenvalue weighted by atomic mass is 9.33. The van der Waals surface area contributed by atoms with Crippen molar-refractivity contribution < 1.29 is 42.9 Å². The van der Waals surface area contributed by atoms with Crippen molar-refractivity contribution in [3.05, 3.63) is 82.7 Å². The maximum absolute atomic E-state index is 13.9. The number of hydrogen-bond donors (Lipinski definition) is 0. The number of ether oxygens (including phenoxy) is 4. The van der Waals surface area contributed by atoms with Gasteiger partial charge in [-0.1, -0.05) is 103 Å². The number of benzene rings is 2. The average molecular weight is 865 g/mol. The van der Waals surface area contributed by atoms with E-state index in [0.717, 1.165) is 75.3 Å². The molecule has 0 unspecified atom stereocenters. The average Bonchev–Trinajstić information content (AvgIpc) is 3.62. The number of aromatic nitrogens is 2.